The highest BCUT2D eigenvalue weighted by atomic mass is 19.1. The van der Waals surface area contributed by atoms with E-state index in [1.165, 1.54) is 12.1 Å². The minimum absolute atomic E-state index is 0.0803. The normalized spacial score (nSPS) is 20.7. The number of carbonyl (C=O) groups excluding carboxylic acids is 1. The topological polar surface area (TPSA) is 58.6 Å². The van der Waals surface area contributed by atoms with Crippen molar-refractivity contribution in [3.8, 4) is 5.75 Å². The van der Waals surface area contributed by atoms with Gasteiger partial charge < -0.3 is 14.5 Å². The second kappa shape index (κ2) is 6.64. The lowest BCUT2D eigenvalue weighted by molar-refractivity contribution is -0.134. The van der Waals surface area contributed by atoms with Crippen molar-refractivity contribution >= 4 is 11.7 Å². The van der Waals surface area contributed by atoms with E-state index in [1.54, 1.807) is 11.1 Å². The molecule has 3 heterocycles. The summed E-state index contributed by atoms with van der Waals surface area (Å²) < 4.78 is 32.6. The lowest BCUT2D eigenvalue weighted by Crippen LogP contribution is -2.43. The molecule has 1 aromatic heterocycles. The predicted octanol–water partition coefficient (Wildman–Crippen LogP) is 2.81. The number of aromatic nitrogens is 2. The van der Waals surface area contributed by atoms with Gasteiger partial charge >= 0.3 is 0 Å². The Labute approximate surface area is 167 Å². The maximum Gasteiger partial charge on any atom is 0.235 e. The number of hydrogen-bond acceptors (Lipinski definition) is 5. The van der Waals surface area contributed by atoms with Gasteiger partial charge in [-0.05, 0) is 25.0 Å². The SMILES string of the molecule is CN1Cc2ncc(N3CCC(Oc4ccc(F)cc4F)CC3)nc2C2(CC2)C1=O. The Kier molecular flexibility index (Phi) is 4.18. The van der Waals surface area contributed by atoms with Gasteiger partial charge in [0.05, 0.1) is 29.5 Å². The fourth-order valence-corrected chi connectivity index (χ4v) is 4.35. The molecule has 29 heavy (non-hydrogen) atoms. The van der Waals surface area contributed by atoms with Gasteiger partial charge in [0.2, 0.25) is 5.91 Å². The number of benzene rings is 1. The summed E-state index contributed by atoms with van der Waals surface area (Å²) in [5.74, 6) is -0.300. The molecule has 6 nitrogen and oxygen atoms in total. The van der Waals surface area contributed by atoms with Crippen molar-refractivity contribution < 1.29 is 18.3 Å². The van der Waals surface area contributed by atoms with Crippen LogP contribution in [0.1, 0.15) is 37.1 Å². The van der Waals surface area contributed by atoms with E-state index in [0.29, 0.717) is 32.5 Å². The van der Waals surface area contributed by atoms with E-state index in [1.807, 2.05) is 7.05 Å². The first-order chi connectivity index (χ1) is 14.0. The molecule has 1 spiro atoms. The summed E-state index contributed by atoms with van der Waals surface area (Å²) in [5.41, 5.74) is 1.26. The van der Waals surface area contributed by atoms with E-state index in [9.17, 15) is 13.6 Å². The molecule has 5 rings (SSSR count). The first-order valence-corrected chi connectivity index (χ1v) is 9.95. The molecule has 8 heteroatoms. The number of piperidine rings is 1. The minimum Gasteiger partial charge on any atom is -0.487 e. The van der Waals surface area contributed by atoms with Crippen LogP contribution in [0.2, 0.25) is 0 Å². The summed E-state index contributed by atoms with van der Waals surface area (Å²) in [7, 11) is 1.82. The van der Waals surface area contributed by atoms with Crippen LogP contribution in [0.15, 0.2) is 24.4 Å². The van der Waals surface area contributed by atoms with Gasteiger partial charge in [-0.3, -0.25) is 9.78 Å². The van der Waals surface area contributed by atoms with Crippen molar-refractivity contribution in [1.82, 2.24) is 14.9 Å². The molecule has 1 saturated carbocycles. The number of anilines is 1. The molecule has 1 aromatic carbocycles. The van der Waals surface area contributed by atoms with Gasteiger partial charge in [-0.25, -0.2) is 13.8 Å². The van der Waals surface area contributed by atoms with Crippen LogP contribution in [-0.4, -0.2) is 47.0 Å². The van der Waals surface area contributed by atoms with Crippen molar-refractivity contribution in [1.29, 1.82) is 0 Å². The Morgan fingerprint density at radius 3 is 2.66 bits per heavy atom. The number of nitrogens with zero attached hydrogens (tertiary/aromatic N) is 4. The summed E-state index contributed by atoms with van der Waals surface area (Å²) in [6, 6.07) is 3.36. The van der Waals surface area contributed by atoms with E-state index in [2.05, 4.69) is 9.88 Å². The Morgan fingerprint density at radius 1 is 1.21 bits per heavy atom. The van der Waals surface area contributed by atoms with Gasteiger partial charge in [-0.1, -0.05) is 0 Å². The molecule has 2 fully saturated rings. The molecule has 3 aliphatic rings. The number of amides is 1. The molecule has 0 bridgehead atoms. The first kappa shape index (κ1) is 18.3. The highest BCUT2D eigenvalue weighted by Crippen LogP contribution is 2.52. The van der Waals surface area contributed by atoms with Crippen molar-refractivity contribution in [2.45, 2.75) is 43.7 Å². The van der Waals surface area contributed by atoms with Crippen molar-refractivity contribution in [2.24, 2.45) is 0 Å². The molecule has 0 unspecified atom stereocenters. The van der Waals surface area contributed by atoms with Crippen molar-refractivity contribution in [3.63, 3.8) is 0 Å². The standard InChI is InChI=1S/C21H22F2N4O2/c1-26-12-16-19(21(6-7-21)20(26)28)25-18(11-24-16)27-8-4-14(5-9-27)29-17-3-2-13(22)10-15(17)23/h2-3,10-11,14H,4-9,12H2,1H3. The molecular formula is C21H22F2N4O2. The van der Waals surface area contributed by atoms with Crippen LogP contribution in [0.3, 0.4) is 0 Å². The molecule has 1 aliphatic carbocycles. The fraction of sp³-hybridized carbons (Fsp3) is 0.476. The molecule has 2 aromatic rings. The monoisotopic (exact) mass is 400 g/mol. The van der Waals surface area contributed by atoms with Crippen LogP contribution >= 0.6 is 0 Å². The van der Waals surface area contributed by atoms with Gasteiger partial charge in [0.15, 0.2) is 11.6 Å². The third-order valence-corrected chi connectivity index (χ3v) is 6.14. The number of ether oxygens (including phenoxy) is 1. The van der Waals surface area contributed by atoms with E-state index in [-0.39, 0.29) is 17.8 Å². The lowest BCUT2D eigenvalue weighted by Gasteiger charge is -2.35. The number of rotatable bonds is 3. The number of likely N-dealkylation sites (N-methyl/N-ethyl adjacent to an activating group) is 1. The summed E-state index contributed by atoms with van der Waals surface area (Å²) in [5, 5.41) is 0. The summed E-state index contributed by atoms with van der Waals surface area (Å²) >= 11 is 0. The summed E-state index contributed by atoms with van der Waals surface area (Å²) in [6.45, 7) is 1.89. The summed E-state index contributed by atoms with van der Waals surface area (Å²) in [4.78, 5) is 25.9. The molecule has 1 amide bonds. The van der Waals surface area contributed by atoms with Gasteiger partial charge in [-0.15, -0.1) is 0 Å². The maximum absolute atomic E-state index is 13.8. The van der Waals surface area contributed by atoms with Crippen LogP contribution in [-0.2, 0) is 16.8 Å². The zero-order valence-corrected chi connectivity index (χ0v) is 16.2. The third kappa shape index (κ3) is 3.10. The second-order valence-corrected chi connectivity index (χ2v) is 8.15. The van der Waals surface area contributed by atoms with Gasteiger partial charge in [-0.2, -0.15) is 0 Å². The first-order valence-electron chi connectivity index (χ1n) is 9.95. The van der Waals surface area contributed by atoms with E-state index in [4.69, 9.17) is 9.72 Å². The Balaban J connectivity index is 1.28. The summed E-state index contributed by atoms with van der Waals surface area (Å²) in [6.07, 6.45) is 4.70. The van der Waals surface area contributed by atoms with Gasteiger partial charge in [0, 0.05) is 39.0 Å². The van der Waals surface area contributed by atoms with Crippen molar-refractivity contribution in [3.05, 3.63) is 47.4 Å². The zero-order chi connectivity index (χ0) is 20.2. The van der Waals surface area contributed by atoms with E-state index < -0.39 is 17.0 Å². The highest BCUT2D eigenvalue weighted by Gasteiger charge is 2.57. The quantitative estimate of drug-likeness (QED) is 0.793. The number of carbonyl (C=O) groups is 1. The number of halogens is 2. The molecule has 1 saturated heterocycles. The molecule has 0 radical (unpaired) electrons. The highest BCUT2D eigenvalue weighted by molar-refractivity contribution is 5.92. The molecule has 152 valence electrons. The van der Waals surface area contributed by atoms with Crippen LogP contribution in [0.5, 0.6) is 5.75 Å². The van der Waals surface area contributed by atoms with Gasteiger partial charge in [0.25, 0.3) is 0 Å². The largest absolute Gasteiger partial charge is 0.487 e. The van der Waals surface area contributed by atoms with Gasteiger partial charge in [0.1, 0.15) is 17.7 Å². The van der Waals surface area contributed by atoms with Crippen molar-refractivity contribution in [2.75, 3.05) is 25.0 Å². The average Bonchev–Trinajstić information content (AvgIpc) is 3.51. The van der Waals surface area contributed by atoms with Crippen LogP contribution in [0.4, 0.5) is 14.6 Å². The Bertz CT molecular complexity index is 971. The molecule has 0 atom stereocenters. The molecule has 0 N–H and O–H groups in total. The Morgan fingerprint density at radius 2 is 1.97 bits per heavy atom. The molecular weight excluding hydrogens is 378 g/mol. The molecule has 2 aliphatic heterocycles. The average molecular weight is 400 g/mol. The zero-order valence-electron chi connectivity index (χ0n) is 16.2. The van der Waals surface area contributed by atoms with Crippen LogP contribution in [0.25, 0.3) is 0 Å². The minimum atomic E-state index is -0.683. The number of hydrogen-bond donors (Lipinski definition) is 0. The fourth-order valence-electron chi connectivity index (χ4n) is 4.35. The maximum atomic E-state index is 13.8. The number of fused-ring (bicyclic) bond motifs is 2. The second-order valence-electron chi connectivity index (χ2n) is 8.15. The lowest BCUT2D eigenvalue weighted by atomic mass is 9.94. The smallest absolute Gasteiger partial charge is 0.235 e. The Hall–Kier alpha value is -2.77. The van der Waals surface area contributed by atoms with Crippen LogP contribution < -0.4 is 9.64 Å². The third-order valence-electron chi connectivity index (χ3n) is 6.14. The predicted molar refractivity (Wildman–Crippen MR) is 102 cm³/mol. The van der Waals surface area contributed by atoms with E-state index in [0.717, 1.165) is 36.1 Å². The van der Waals surface area contributed by atoms with Crippen LogP contribution in [0, 0.1) is 11.6 Å². The van der Waals surface area contributed by atoms with E-state index >= 15 is 0 Å².